The van der Waals surface area contributed by atoms with E-state index >= 15 is 0 Å². The lowest BCUT2D eigenvalue weighted by Crippen LogP contribution is -2.29. The number of nitrogens with one attached hydrogen (secondary N) is 1. The van der Waals surface area contributed by atoms with Crippen molar-refractivity contribution in [3.63, 3.8) is 0 Å². The third kappa shape index (κ3) is 4.63. The van der Waals surface area contributed by atoms with Crippen LogP contribution < -0.4 is 14.8 Å². The number of benzene rings is 2. The number of rotatable bonds is 7. The molecule has 0 unspecified atom stereocenters. The van der Waals surface area contributed by atoms with Crippen molar-refractivity contribution >= 4 is 17.5 Å². The van der Waals surface area contributed by atoms with Gasteiger partial charge in [-0.25, -0.2) is 0 Å². The van der Waals surface area contributed by atoms with E-state index in [1.165, 1.54) is 0 Å². The number of carbonyl (C=O) groups excluding carboxylic acids is 1. The Morgan fingerprint density at radius 2 is 1.91 bits per heavy atom. The Hall–Kier alpha value is -2.20. The fourth-order valence-corrected chi connectivity index (χ4v) is 2.28. The number of hydrogen-bond acceptors (Lipinski definition) is 3. The summed E-state index contributed by atoms with van der Waals surface area (Å²) in [5, 5.41) is 3.36. The lowest BCUT2D eigenvalue weighted by molar-refractivity contribution is -0.122. The molecule has 1 saturated carbocycles. The highest BCUT2D eigenvalue weighted by Gasteiger charge is 2.29. The third-order valence-electron chi connectivity index (χ3n) is 3.49. The predicted octanol–water partition coefficient (Wildman–Crippen LogP) is 4.04. The quantitative estimate of drug-likeness (QED) is 0.779. The summed E-state index contributed by atoms with van der Waals surface area (Å²) in [5.74, 6) is 2.26. The van der Waals surface area contributed by atoms with E-state index in [1.807, 2.05) is 30.3 Å². The number of halogens is 1. The van der Waals surface area contributed by atoms with Crippen LogP contribution >= 0.6 is 11.6 Å². The van der Waals surface area contributed by atoms with Gasteiger partial charge in [-0.15, -0.1) is 0 Å². The minimum Gasteiger partial charge on any atom is -0.490 e. The summed E-state index contributed by atoms with van der Waals surface area (Å²) >= 11 is 6.13. The van der Waals surface area contributed by atoms with E-state index in [2.05, 4.69) is 5.32 Å². The van der Waals surface area contributed by atoms with Crippen LogP contribution in [0.2, 0.25) is 5.02 Å². The summed E-state index contributed by atoms with van der Waals surface area (Å²) in [5.41, 5.74) is 0. The van der Waals surface area contributed by atoms with Crippen LogP contribution in [0.4, 0.5) is 0 Å². The summed E-state index contributed by atoms with van der Waals surface area (Å²) < 4.78 is 11.4. The summed E-state index contributed by atoms with van der Waals surface area (Å²) in [6, 6.07) is 14.8. The molecule has 0 radical (unpaired) electrons. The van der Waals surface area contributed by atoms with E-state index in [0.717, 1.165) is 18.6 Å². The molecule has 0 atom stereocenters. The van der Waals surface area contributed by atoms with Gasteiger partial charge in [0.25, 0.3) is 0 Å². The van der Waals surface area contributed by atoms with Crippen molar-refractivity contribution in [3.05, 3.63) is 53.6 Å². The Balaban J connectivity index is 1.53. The molecule has 1 N–H and O–H groups in total. The molecule has 120 valence electrons. The molecule has 0 spiro atoms. The second-order valence-corrected chi connectivity index (χ2v) is 5.83. The fraction of sp³-hybridized carbons (Fsp3) is 0.278. The van der Waals surface area contributed by atoms with Gasteiger partial charge >= 0.3 is 0 Å². The Labute approximate surface area is 140 Å². The fourth-order valence-electron chi connectivity index (χ4n) is 2.11. The van der Waals surface area contributed by atoms with Crippen molar-refractivity contribution in [2.75, 3.05) is 13.2 Å². The Bertz CT molecular complexity index is 671. The second kappa shape index (κ2) is 7.38. The highest BCUT2D eigenvalue weighted by Crippen LogP contribution is 2.31. The molecule has 1 aliphatic rings. The molecule has 0 bridgehead atoms. The van der Waals surface area contributed by atoms with E-state index in [9.17, 15) is 4.79 Å². The van der Waals surface area contributed by atoms with Crippen molar-refractivity contribution in [3.8, 4) is 17.2 Å². The maximum absolute atomic E-state index is 11.5. The molecule has 1 aliphatic carbocycles. The average Bonchev–Trinajstić information content (AvgIpc) is 3.40. The van der Waals surface area contributed by atoms with Gasteiger partial charge in [-0.3, -0.25) is 4.79 Å². The standard InChI is InChI=1S/C18H18ClNO3/c19-16-9-8-15(23-14-4-2-1-3-5-14)12-17(16)22-11-10-20-18(21)13-6-7-13/h1-5,8-9,12-13H,6-7,10-11H2,(H,20,21). The third-order valence-corrected chi connectivity index (χ3v) is 3.80. The Morgan fingerprint density at radius 3 is 2.65 bits per heavy atom. The first-order chi connectivity index (χ1) is 11.2. The van der Waals surface area contributed by atoms with Gasteiger partial charge in [-0.2, -0.15) is 0 Å². The van der Waals surface area contributed by atoms with Crippen LogP contribution in [0.1, 0.15) is 12.8 Å². The van der Waals surface area contributed by atoms with Gasteiger partial charge in [0, 0.05) is 12.0 Å². The summed E-state index contributed by atoms with van der Waals surface area (Å²) in [7, 11) is 0. The summed E-state index contributed by atoms with van der Waals surface area (Å²) in [4.78, 5) is 11.5. The molecule has 2 aromatic carbocycles. The van der Waals surface area contributed by atoms with Crippen LogP contribution in [0.15, 0.2) is 48.5 Å². The topological polar surface area (TPSA) is 47.6 Å². The van der Waals surface area contributed by atoms with Crippen LogP contribution in [0.25, 0.3) is 0 Å². The molecular formula is C18H18ClNO3. The molecule has 0 aliphatic heterocycles. The number of hydrogen-bond donors (Lipinski definition) is 1. The first-order valence-corrected chi connectivity index (χ1v) is 8.03. The Morgan fingerprint density at radius 1 is 1.13 bits per heavy atom. The van der Waals surface area contributed by atoms with E-state index in [4.69, 9.17) is 21.1 Å². The maximum Gasteiger partial charge on any atom is 0.223 e. The molecule has 2 aromatic rings. The first kappa shape index (κ1) is 15.7. The van der Waals surface area contributed by atoms with Crippen LogP contribution in [0.3, 0.4) is 0 Å². The highest BCUT2D eigenvalue weighted by atomic mass is 35.5. The second-order valence-electron chi connectivity index (χ2n) is 5.42. The van der Waals surface area contributed by atoms with Gasteiger partial charge in [0.2, 0.25) is 5.91 Å². The van der Waals surface area contributed by atoms with Crippen molar-refractivity contribution in [1.29, 1.82) is 0 Å². The van der Waals surface area contributed by atoms with Gasteiger partial charge in [0.1, 0.15) is 23.9 Å². The monoisotopic (exact) mass is 331 g/mol. The molecule has 3 rings (SSSR count). The zero-order valence-corrected chi connectivity index (χ0v) is 13.4. The average molecular weight is 332 g/mol. The van der Waals surface area contributed by atoms with Gasteiger partial charge < -0.3 is 14.8 Å². The highest BCUT2D eigenvalue weighted by molar-refractivity contribution is 6.32. The molecule has 0 saturated heterocycles. The number of para-hydroxylation sites is 1. The summed E-state index contributed by atoms with van der Waals surface area (Å²) in [6.07, 6.45) is 1.99. The summed E-state index contributed by atoms with van der Waals surface area (Å²) in [6.45, 7) is 0.836. The minimum absolute atomic E-state index is 0.112. The van der Waals surface area contributed by atoms with Crippen molar-refractivity contribution in [2.24, 2.45) is 5.92 Å². The number of amides is 1. The van der Waals surface area contributed by atoms with E-state index in [1.54, 1.807) is 18.2 Å². The van der Waals surface area contributed by atoms with E-state index < -0.39 is 0 Å². The van der Waals surface area contributed by atoms with Crippen LogP contribution in [-0.4, -0.2) is 19.1 Å². The maximum atomic E-state index is 11.5. The smallest absolute Gasteiger partial charge is 0.223 e. The molecule has 23 heavy (non-hydrogen) atoms. The van der Waals surface area contributed by atoms with Crippen LogP contribution in [0, 0.1) is 5.92 Å². The van der Waals surface area contributed by atoms with Crippen molar-refractivity contribution < 1.29 is 14.3 Å². The largest absolute Gasteiger partial charge is 0.490 e. The van der Waals surface area contributed by atoms with Crippen LogP contribution in [0.5, 0.6) is 17.2 Å². The van der Waals surface area contributed by atoms with Gasteiger partial charge in [0.05, 0.1) is 11.6 Å². The Kier molecular flexibility index (Phi) is 5.03. The number of ether oxygens (including phenoxy) is 2. The van der Waals surface area contributed by atoms with Crippen molar-refractivity contribution in [2.45, 2.75) is 12.8 Å². The van der Waals surface area contributed by atoms with E-state index in [0.29, 0.717) is 29.7 Å². The molecule has 1 fully saturated rings. The lowest BCUT2D eigenvalue weighted by atomic mass is 10.3. The zero-order valence-electron chi connectivity index (χ0n) is 12.6. The molecule has 0 heterocycles. The van der Waals surface area contributed by atoms with E-state index in [-0.39, 0.29) is 11.8 Å². The molecule has 1 amide bonds. The minimum atomic E-state index is 0.112. The SMILES string of the molecule is O=C(NCCOc1cc(Oc2ccccc2)ccc1Cl)C1CC1. The zero-order chi connectivity index (χ0) is 16.1. The first-order valence-electron chi connectivity index (χ1n) is 7.65. The number of carbonyl (C=O) groups is 1. The van der Waals surface area contributed by atoms with Gasteiger partial charge in [-0.1, -0.05) is 29.8 Å². The molecule has 0 aromatic heterocycles. The van der Waals surface area contributed by atoms with Gasteiger partial charge in [0.15, 0.2) is 0 Å². The van der Waals surface area contributed by atoms with Crippen molar-refractivity contribution in [1.82, 2.24) is 5.32 Å². The molecular weight excluding hydrogens is 314 g/mol. The van der Waals surface area contributed by atoms with Gasteiger partial charge in [-0.05, 0) is 37.1 Å². The molecule has 5 heteroatoms. The lowest BCUT2D eigenvalue weighted by Gasteiger charge is -2.11. The van der Waals surface area contributed by atoms with Crippen LogP contribution in [-0.2, 0) is 4.79 Å². The predicted molar refractivity (Wildman–Crippen MR) is 89.2 cm³/mol. The normalized spacial score (nSPS) is 13.4. The molecule has 4 nitrogen and oxygen atoms in total.